The second-order valence-corrected chi connectivity index (χ2v) is 12.4. The first-order chi connectivity index (χ1) is 22.2. The molecule has 3 N–H and O–H groups in total. The number of anilines is 1. The van der Waals surface area contributed by atoms with Crippen LogP contribution in [0.5, 0.6) is 11.5 Å². The van der Waals surface area contributed by atoms with Gasteiger partial charge in [-0.25, -0.2) is 14.8 Å². The molecule has 4 aromatic rings. The van der Waals surface area contributed by atoms with E-state index in [2.05, 4.69) is 20.9 Å². The number of hydrogen-bond donors (Lipinski definition) is 2. The first-order valence-corrected chi connectivity index (χ1v) is 15.6. The van der Waals surface area contributed by atoms with E-state index in [-0.39, 0.29) is 41.7 Å². The number of carbonyl (C=O) groups excluding carboxylic acids is 1. The van der Waals surface area contributed by atoms with Crippen molar-refractivity contribution in [3.63, 3.8) is 0 Å². The first kappa shape index (κ1) is 31.0. The Morgan fingerprint density at radius 3 is 2.43 bits per heavy atom. The molecule has 2 fully saturated rings. The van der Waals surface area contributed by atoms with Gasteiger partial charge in [-0.1, -0.05) is 18.2 Å². The fraction of sp³-hybridized carbons (Fsp3) is 0.382. The summed E-state index contributed by atoms with van der Waals surface area (Å²) in [6, 6.07) is 18.3. The molecule has 4 heterocycles. The molecule has 0 bridgehead atoms. The van der Waals surface area contributed by atoms with E-state index < -0.39 is 5.54 Å². The summed E-state index contributed by atoms with van der Waals surface area (Å²) in [4.78, 5) is 40.3. The molecule has 0 aliphatic carbocycles. The summed E-state index contributed by atoms with van der Waals surface area (Å²) < 4.78 is 9.02. The standard InChI is InChI=1S/C34H38N8O4/c1-34(2,40-17-14-26(43)15-18-40)19-23(20-35)32(44)39-16-6-7-25(21-39)42-31-29(30(36)37-22-38-31)41(33(42)45)24-10-12-28(13-11-24)46-27-8-4-3-5-9-27/h3-5,8-13,19,22,25-26,43H,6-7,14-18,21H2,1-2H3,(H2,36,37,38)/b23-19-/t25-/m0/s1. The zero-order valence-electron chi connectivity index (χ0n) is 26.0. The van der Waals surface area contributed by atoms with Crippen molar-refractivity contribution in [1.82, 2.24) is 28.9 Å². The van der Waals surface area contributed by atoms with Crippen molar-refractivity contribution in [2.24, 2.45) is 0 Å². The van der Waals surface area contributed by atoms with Crippen LogP contribution in [0.15, 0.2) is 77.4 Å². The van der Waals surface area contributed by atoms with Gasteiger partial charge in [-0.3, -0.25) is 18.8 Å². The lowest BCUT2D eigenvalue weighted by atomic mass is 9.94. The van der Waals surface area contributed by atoms with Crippen molar-refractivity contribution in [3.05, 3.63) is 83.1 Å². The van der Waals surface area contributed by atoms with Crippen molar-refractivity contribution in [2.45, 2.75) is 57.2 Å². The quantitative estimate of drug-likeness (QED) is 0.231. The summed E-state index contributed by atoms with van der Waals surface area (Å²) in [6.07, 6.45) is 5.34. The molecule has 6 rings (SSSR count). The van der Waals surface area contributed by atoms with Crippen LogP contribution in [0.1, 0.15) is 45.6 Å². The minimum absolute atomic E-state index is 0.0657. The lowest BCUT2D eigenvalue weighted by molar-refractivity contribution is -0.128. The number of aliphatic hydroxyl groups excluding tert-OH is 1. The number of aromatic nitrogens is 4. The molecule has 2 saturated heterocycles. The molecular formula is C34H38N8O4. The summed E-state index contributed by atoms with van der Waals surface area (Å²) >= 11 is 0. The van der Waals surface area contributed by atoms with E-state index in [1.165, 1.54) is 10.9 Å². The Bertz CT molecular complexity index is 1850. The predicted molar refractivity (Wildman–Crippen MR) is 173 cm³/mol. The highest BCUT2D eigenvalue weighted by atomic mass is 16.5. The molecule has 0 spiro atoms. The fourth-order valence-electron chi connectivity index (χ4n) is 6.47. The Morgan fingerprint density at radius 2 is 1.74 bits per heavy atom. The number of nitriles is 1. The molecule has 1 amide bonds. The molecule has 46 heavy (non-hydrogen) atoms. The molecule has 12 nitrogen and oxygen atoms in total. The maximum Gasteiger partial charge on any atom is 0.335 e. The molecule has 2 aromatic carbocycles. The number of para-hydroxylation sites is 1. The zero-order chi connectivity index (χ0) is 32.4. The summed E-state index contributed by atoms with van der Waals surface area (Å²) in [7, 11) is 0. The van der Waals surface area contributed by atoms with Gasteiger partial charge in [0.2, 0.25) is 0 Å². The van der Waals surface area contributed by atoms with Gasteiger partial charge in [0.05, 0.1) is 17.8 Å². The van der Waals surface area contributed by atoms with Gasteiger partial charge in [-0.15, -0.1) is 0 Å². The lowest BCUT2D eigenvalue weighted by Crippen LogP contribution is -2.49. The van der Waals surface area contributed by atoms with Crippen molar-refractivity contribution in [2.75, 3.05) is 31.9 Å². The minimum Gasteiger partial charge on any atom is -0.457 e. The predicted octanol–water partition coefficient (Wildman–Crippen LogP) is 3.81. The largest absolute Gasteiger partial charge is 0.457 e. The average Bonchev–Trinajstić information content (AvgIpc) is 3.37. The van der Waals surface area contributed by atoms with E-state index in [0.29, 0.717) is 73.7 Å². The maximum absolute atomic E-state index is 14.1. The number of nitrogens with two attached hydrogens (primary N) is 1. The van der Waals surface area contributed by atoms with Gasteiger partial charge in [0.1, 0.15) is 35.0 Å². The molecule has 2 aromatic heterocycles. The third kappa shape index (κ3) is 6.11. The summed E-state index contributed by atoms with van der Waals surface area (Å²) in [5, 5.41) is 20.0. The van der Waals surface area contributed by atoms with Gasteiger partial charge in [-0.2, -0.15) is 5.26 Å². The van der Waals surface area contributed by atoms with Gasteiger partial charge >= 0.3 is 5.69 Å². The minimum atomic E-state index is -0.545. The SMILES string of the molecule is CC(C)(/C=C(/C#N)C(=O)N1CCC[C@H](n2c(=O)n(-c3ccc(Oc4ccccc4)cc3)c3c(N)ncnc32)C1)N1CCC(O)CC1. The highest BCUT2D eigenvalue weighted by molar-refractivity contribution is 5.97. The number of fused-ring (bicyclic) bond motifs is 1. The van der Waals surface area contributed by atoms with Crippen LogP contribution in [0.25, 0.3) is 16.9 Å². The van der Waals surface area contributed by atoms with Crippen molar-refractivity contribution >= 4 is 22.9 Å². The van der Waals surface area contributed by atoms with Crippen LogP contribution in [0.4, 0.5) is 5.82 Å². The van der Waals surface area contributed by atoms with Crippen molar-refractivity contribution in [1.29, 1.82) is 5.26 Å². The molecule has 2 aliphatic rings. The number of carbonyl (C=O) groups is 1. The number of nitrogen functional groups attached to an aromatic ring is 1. The number of aliphatic hydroxyl groups is 1. The number of piperidine rings is 2. The number of amides is 1. The molecule has 12 heteroatoms. The molecule has 0 radical (unpaired) electrons. The van der Waals surface area contributed by atoms with Crippen molar-refractivity contribution in [3.8, 4) is 23.3 Å². The zero-order valence-corrected chi connectivity index (χ0v) is 26.0. The first-order valence-electron chi connectivity index (χ1n) is 15.6. The highest BCUT2D eigenvalue weighted by Gasteiger charge is 2.34. The Morgan fingerprint density at radius 1 is 1.04 bits per heavy atom. The van der Waals surface area contributed by atoms with Crippen LogP contribution in [0.2, 0.25) is 0 Å². The molecular weight excluding hydrogens is 584 g/mol. The van der Waals surface area contributed by atoms with E-state index in [1.54, 1.807) is 39.8 Å². The van der Waals surface area contributed by atoms with Crippen molar-refractivity contribution < 1.29 is 14.6 Å². The van der Waals surface area contributed by atoms with Gasteiger partial charge < -0.3 is 20.5 Å². The fourth-order valence-corrected chi connectivity index (χ4v) is 6.47. The molecule has 2 aliphatic heterocycles. The van der Waals surface area contributed by atoms with Gasteiger partial charge in [0.25, 0.3) is 5.91 Å². The molecule has 1 atom stereocenters. The number of nitrogens with zero attached hydrogens (tertiary/aromatic N) is 7. The van der Waals surface area contributed by atoms with Crippen LogP contribution in [0.3, 0.4) is 0 Å². The van der Waals surface area contributed by atoms with E-state index in [9.17, 15) is 20.0 Å². The monoisotopic (exact) mass is 622 g/mol. The maximum atomic E-state index is 14.1. The van der Waals surface area contributed by atoms with Gasteiger partial charge in [0, 0.05) is 31.7 Å². The molecule has 0 saturated carbocycles. The van der Waals surface area contributed by atoms with Crippen LogP contribution >= 0.6 is 0 Å². The third-order valence-corrected chi connectivity index (χ3v) is 8.93. The number of hydrogen-bond acceptors (Lipinski definition) is 9. The highest BCUT2D eigenvalue weighted by Crippen LogP contribution is 2.30. The normalized spacial score (nSPS) is 18.4. The molecule has 238 valence electrons. The second-order valence-electron chi connectivity index (χ2n) is 12.4. The summed E-state index contributed by atoms with van der Waals surface area (Å²) in [5.74, 6) is 1.11. The van der Waals surface area contributed by atoms with Crippen LogP contribution in [-0.4, -0.2) is 77.7 Å². The van der Waals surface area contributed by atoms with Crippen LogP contribution in [-0.2, 0) is 4.79 Å². The number of rotatable bonds is 7. The Kier molecular flexibility index (Phi) is 8.62. The average molecular weight is 623 g/mol. The van der Waals surface area contributed by atoms with Gasteiger partial charge in [0.15, 0.2) is 11.5 Å². The Hall–Kier alpha value is -4.99. The van der Waals surface area contributed by atoms with E-state index in [4.69, 9.17) is 10.5 Å². The summed E-state index contributed by atoms with van der Waals surface area (Å²) in [6.45, 7) is 6.04. The van der Waals surface area contributed by atoms with E-state index in [0.717, 1.165) is 0 Å². The number of ether oxygens (including phenoxy) is 1. The Balaban J connectivity index is 1.28. The van der Waals surface area contributed by atoms with Crippen LogP contribution in [0, 0.1) is 11.3 Å². The number of likely N-dealkylation sites (tertiary alicyclic amines) is 2. The second kappa shape index (κ2) is 12.8. The topological polar surface area (TPSA) is 156 Å². The number of benzene rings is 2. The number of imidazole rings is 1. The smallest absolute Gasteiger partial charge is 0.335 e. The third-order valence-electron chi connectivity index (χ3n) is 8.93. The van der Waals surface area contributed by atoms with E-state index >= 15 is 0 Å². The van der Waals surface area contributed by atoms with E-state index in [1.807, 2.05) is 44.2 Å². The Labute approximate surface area is 267 Å². The van der Waals surface area contributed by atoms with Crippen LogP contribution < -0.4 is 16.2 Å². The summed E-state index contributed by atoms with van der Waals surface area (Å²) in [5.41, 5.74) is 6.84. The van der Waals surface area contributed by atoms with Gasteiger partial charge in [-0.05, 0) is 82.0 Å². The lowest BCUT2D eigenvalue weighted by Gasteiger charge is -2.40. The molecule has 0 unspecified atom stereocenters.